The summed E-state index contributed by atoms with van der Waals surface area (Å²) in [7, 11) is 0. The molecule has 2 nitrogen and oxygen atoms in total. The topological polar surface area (TPSA) is 17.8 Å². The van der Waals surface area contributed by atoms with Gasteiger partial charge < -0.3 is 0 Å². The number of hydrogen-bond donors (Lipinski definition) is 0. The largest absolute Gasteiger partial charge is 0.269 e. The van der Waals surface area contributed by atoms with E-state index in [1.807, 2.05) is 0 Å². The molecule has 1 aliphatic rings. The zero-order valence-corrected chi connectivity index (χ0v) is 13.1. The van der Waals surface area contributed by atoms with Gasteiger partial charge in [-0.15, -0.1) is 11.6 Å². The van der Waals surface area contributed by atoms with Crippen molar-refractivity contribution in [2.75, 3.05) is 0 Å². The van der Waals surface area contributed by atoms with E-state index in [-0.39, 0.29) is 0 Å². The Morgan fingerprint density at radius 2 is 2.05 bits per heavy atom. The molecule has 3 heteroatoms. The van der Waals surface area contributed by atoms with E-state index < -0.39 is 0 Å². The first-order valence-electron chi connectivity index (χ1n) is 7.83. The monoisotopic (exact) mass is 282 g/mol. The van der Waals surface area contributed by atoms with Gasteiger partial charge in [0, 0.05) is 11.6 Å². The van der Waals surface area contributed by atoms with Crippen molar-refractivity contribution >= 4 is 11.6 Å². The fourth-order valence-corrected chi connectivity index (χ4v) is 3.46. The predicted molar refractivity (Wildman–Crippen MR) is 81.8 cm³/mol. The van der Waals surface area contributed by atoms with Crippen LogP contribution in [0, 0.1) is 5.92 Å². The van der Waals surface area contributed by atoms with Gasteiger partial charge >= 0.3 is 0 Å². The first-order chi connectivity index (χ1) is 9.15. The Balaban J connectivity index is 1.80. The molecule has 0 aromatic carbocycles. The first-order valence-corrected chi connectivity index (χ1v) is 8.27. The average Bonchev–Trinajstić information content (AvgIpc) is 2.85. The van der Waals surface area contributed by atoms with E-state index in [0.29, 0.717) is 17.3 Å². The molecule has 0 spiro atoms. The van der Waals surface area contributed by atoms with Crippen molar-refractivity contribution in [1.82, 2.24) is 9.78 Å². The second-order valence-electron chi connectivity index (χ2n) is 6.34. The highest BCUT2D eigenvalue weighted by Crippen LogP contribution is 2.27. The van der Waals surface area contributed by atoms with E-state index in [1.54, 1.807) is 0 Å². The SMILES string of the molecule is CC(C)CC(Cl)CCc1ccn(C2CCCCC2)n1. The normalized spacial score (nSPS) is 18.9. The van der Waals surface area contributed by atoms with Crippen LogP contribution in [0.25, 0.3) is 0 Å². The molecule has 0 saturated heterocycles. The summed E-state index contributed by atoms with van der Waals surface area (Å²) in [6, 6.07) is 2.82. The van der Waals surface area contributed by atoms with E-state index in [0.717, 1.165) is 19.3 Å². The van der Waals surface area contributed by atoms with Crippen molar-refractivity contribution in [2.45, 2.75) is 76.6 Å². The number of halogens is 1. The molecule has 0 amide bonds. The van der Waals surface area contributed by atoms with Gasteiger partial charge in [0.2, 0.25) is 0 Å². The lowest BCUT2D eigenvalue weighted by Gasteiger charge is -2.21. The Kier molecular flexibility index (Phi) is 5.75. The third-order valence-electron chi connectivity index (χ3n) is 4.05. The summed E-state index contributed by atoms with van der Waals surface area (Å²) < 4.78 is 2.19. The molecule has 1 aliphatic carbocycles. The van der Waals surface area contributed by atoms with Crippen molar-refractivity contribution in [1.29, 1.82) is 0 Å². The average molecular weight is 283 g/mol. The minimum Gasteiger partial charge on any atom is -0.269 e. The molecule has 1 aromatic rings. The maximum Gasteiger partial charge on any atom is 0.0625 e. The zero-order valence-electron chi connectivity index (χ0n) is 12.3. The molecule has 1 atom stereocenters. The third kappa shape index (κ3) is 4.83. The molecule has 1 unspecified atom stereocenters. The molecule has 108 valence electrons. The van der Waals surface area contributed by atoms with Crippen molar-refractivity contribution in [3.05, 3.63) is 18.0 Å². The summed E-state index contributed by atoms with van der Waals surface area (Å²) in [5, 5.41) is 5.03. The molecule has 1 fully saturated rings. The Bertz CT molecular complexity index is 367. The highest BCUT2D eigenvalue weighted by Gasteiger charge is 2.16. The summed E-state index contributed by atoms with van der Waals surface area (Å²) in [6.45, 7) is 4.46. The van der Waals surface area contributed by atoms with Gasteiger partial charge in [0.25, 0.3) is 0 Å². The molecule has 1 saturated carbocycles. The van der Waals surface area contributed by atoms with Crippen LogP contribution in [0.1, 0.15) is 70.5 Å². The Morgan fingerprint density at radius 3 is 2.74 bits per heavy atom. The molecule has 0 N–H and O–H groups in total. The van der Waals surface area contributed by atoms with Crippen LogP contribution in [-0.2, 0) is 6.42 Å². The summed E-state index contributed by atoms with van der Waals surface area (Å²) >= 11 is 6.35. The van der Waals surface area contributed by atoms with E-state index in [2.05, 4.69) is 30.8 Å². The molecule has 0 aliphatic heterocycles. The molecular formula is C16H27ClN2. The van der Waals surface area contributed by atoms with Crippen LogP contribution in [0.5, 0.6) is 0 Å². The minimum absolute atomic E-state index is 0.292. The van der Waals surface area contributed by atoms with Crippen molar-refractivity contribution < 1.29 is 0 Å². The van der Waals surface area contributed by atoms with Gasteiger partial charge in [0.1, 0.15) is 0 Å². The second kappa shape index (κ2) is 7.33. The highest BCUT2D eigenvalue weighted by molar-refractivity contribution is 6.20. The predicted octanol–water partition coefficient (Wildman–Crippen LogP) is 4.97. The lowest BCUT2D eigenvalue weighted by molar-refractivity contribution is 0.328. The third-order valence-corrected chi connectivity index (χ3v) is 4.45. The summed E-state index contributed by atoms with van der Waals surface area (Å²) in [6.07, 6.45) is 12.0. The van der Waals surface area contributed by atoms with Gasteiger partial charge in [-0.1, -0.05) is 33.1 Å². The Labute approximate surface area is 122 Å². The number of alkyl halides is 1. The van der Waals surface area contributed by atoms with Gasteiger partial charge in [-0.2, -0.15) is 5.10 Å². The smallest absolute Gasteiger partial charge is 0.0625 e. The number of aryl methyl sites for hydroxylation is 1. The van der Waals surface area contributed by atoms with E-state index >= 15 is 0 Å². The Hall–Kier alpha value is -0.500. The van der Waals surface area contributed by atoms with Crippen LogP contribution in [0.4, 0.5) is 0 Å². The van der Waals surface area contributed by atoms with Crippen molar-refractivity contribution in [3.63, 3.8) is 0 Å². The summed E-state index contributed by atoms with van der Waals surface area (Å²) in [5.41, 5.74) is 1.21. The van der Waals surface area contributed by atoms with Gasteiger partial charge in [-0.25, -0.2) is 0 Å². The first kappa shape index (κ1) is 14.9. The molecule has 19 heavy (non-hydrogen) atoms. The number of hydrogen-bond acceptors (Lipinski definition) is 1. The summed E-state index contributed by atoms with van der Waals surface area (Å²) in [5.74, 6) is 0.683. The van der Waals surface area contributed by atoms with Crippen LogP contribution in [0.15, 0.2) is 12.3 Å². The number of rotatable bonds is 6. The van der Waals surface area contributed by atoms with Crippen LogP contribution in [0.3, 0.4) is 0 Å². The fourth-order valence-electron chi connectivity index (χ4n) is 2.99. The summed E-state index contributed by atoms with van der Waals surface area (Å²) in [4.78, 5) is 0. The van der Waals surface area contributed by atoms with Crippen LogP contribution in [0.2, 0.25) is 0 Å². The van der Waals surface area contributed by atoms with Crippen molar-refractivity contribution in [2.24, 2.45) is 5.92 Å². The van der Waals surface area contributed by atoms with E-state index in [4.69, 9.17) is 16.7 Å². The van der Waals surface area contributed by atoms with Gasteiger partial charge in [-0.3, -0.25) is 4.68 Å². The molecular weight excluding hydrogens is 256 g/mol. The van der Waals surface area contributed by atoms with Crippen molar-refractivity contribution in [3.8, 4) is 0 Å². The maximum absolute atomic E-state index is 6.35. The van der Waals surface area contributed by atoms with Gasteiger partial charge in [0.05, 0.1) is 11.7 Å². The van der Waals surface area contributed by atoms with E-state index in [1.165, 1.54) is 37.8 Å². The standard InChI is InChI=1S/C16H27ClN2/c1-13(2)12-14(17)8-9-15-10-11-19(18-15)16-6-4-3-5-7-16/h10-11,13-14,16H,3-9,12H2,1-2H3. The highest BCUT2D eigenvalue weighted by atomic mass is 35.5. The van der Waals surface area contributed by atoms with E-state index in [9.17, 15) is 0 Å². The molecule has 1 aromatic heterocycles. The maximum atomic E-state index is 6.35. The zero-order chi connectivity index (χ0) is 13.7. The lowest BCUT2D eigenvalue weighted by atomic mass is 9.96. The lowest BCUT2D eigenvalue weighted by Crippen LogP contribution is -2.13. The molecule has 0 bridgehead atoms. The van der Waals surface area contributed by atoms with Gasteiger partial charge in [-0.05, 0) is 44.1 Å². The minimum atomic E-state index is 0.292. The van der Waals surface area contributed by atoms with Crippen LogP contribution >= 0.6 is 11.6 Å². The van der Waals surface area contributed by atoms with Gasteiger partial charge in [0.15, 0.2) is 0 Å². The molecule has 0 radical (unpaired) electrons. The Morgan fingerprint density at radius 1 is 1.32 bits per heavy atom. The fraction of sp³-hybridized carbons (Fsp3) is 0.812. The quantitative estimate of drug-likeness (QED) is 0.673. The van der Waals surface area contributed by atoms with Crippen LogP contribution in [-0.4, -0.2) is 15.2 Å². The van der Waals surface area contributed by atoms with Crippen LogP contribution < -0.4 is 0 Å². The number of nitrogens with zero attached hydrogens (tertiary/aromatic N) is 2. The second-order valence-corrected chi connectivity index (χ2v) is 6.96. The molecule has 2 rings (SSSR count). The number of aromatic nitrogens is 2. The molecule has 1 heterocycles.